The van der Waals surface area contributed by atoms with E-state index in [1.54, 1.807) is 28.9 Å². The van der Waals surface area contributed by atoms with Gasteiger partial charge in [0.1, 0.15) is 5.01 Å². The highest BCUT2D eigenvalue weighted by Gasteiger charge is 2.10. The first kappa shape index (κ1) is 16.3. The highest BCUT2D eigenvalue weighted by atomic mass is 32.1. The summed E-state index contributed by atoms with van der Waals surface area (Å²) in [5, 5.41) is 20.3. The quantitative estimate of drug-likeness (QED) is 0.658. The van der Waals surface area contributed by atoms with Gasteiger partial charge < -0.3 is 10.4 Å². The van der Waals surface area contributed by atoms with Crippen LogP contribution in [-0.2, 0) is 13.0 Å². The van der Waals surface area contributed by atoms with Gasteiger partial charge in [-0.2, -0.15) is 11.3 Å². The van der Waals surface area contributed by atoms with Crippen LogP contribution in [0.4, 0.5) is 0 Å². The van der Waals surface area contributed by atoms with Gasteiger partial charge in [0.25, 0.3) is 0 Å². The number of pyridine rings is 1. The Labute approximate surface area is 143 Å². The summed E-state index contributed by atoms with van der Waals surface area (Å²) < 4.78 is 0. The molecule has 0 saturated heterocycles. The van der Waals surface area contributed by atoms with E-state index in [4.69, 9.17) is 0 Å². The molecule has 120 valence electrons. The van der Waals surface area contributed by atoms with Crippen LogP contribution in [-0.4, -0.2) is 28.2 Å². The average molecular weight is 345 g/mol. The first-order chi connectivity index (χ1) is 11.3. The Kier molecular flexibility index (Phi) is 5.87. The van der Waals surface area contributed by atoms with Crippen molar-refractivity contribution in [2.24, 2.45) is 5.92 Å². The number of aliphatic hydroxyl groups is 1. The molecule has 3 rings (SSSR count). The van der Waals surface area contributed by atoms with E-state index < -0.39 is 0 Å². The van der Waals surface area contributed by atoms with E-state index in [0.29, 0.717) is 0 Å². The number of rotatable bonds is 8. The predicted molar refractivity (Wildman–Crippen MR) is 95.7 cm³/mol. The molecule has 0 aliphatic carbocycles. The maximum atomic E-state index is 9.53. The monoisotopic (exact) mass is 345 g/mol. The zero-order chi connectivity index (χ0) is 15.9. The van der Waals surface area contributed by atoms with Crippen molar-refractivity contribution in [3.05, 3.63) is 58.0 Å². The first-order valence-corrected chi connectivity index (χ1v) is 9.36. The summed E-state index contributed by atoms with van der Waals surface area (Å²) in [4.78, 5) is 8.96. The largest absolute Gasteiger partial charge is 0.396 e. The Morgan fingerprint density at radius 1 is 1.17 bits per heavy atom. The zero-order valence-electron chi connectivity index (χ0n) is 12.7. The second-order valence-corrected chi connectivity index (χ2v) is 7.00. The maximum absolute atomic E-state index is 9.53. The fourth-order valence-electron chi connectivity index (χ4n) is 2.33. The summed E-state index contributed by atoms with van der Waals surface area (Å²) in [6.07, 6.45) is 2.57. The summed E-state index contributed by atoms with van der Waals surface area (Å²) in [5.74, 6) is 0.167. The van der Waals surface area contributed by atoms with Gasteiger partial charge in [-0.3, -0.25) is 4.98 Å². The predicted octanol–water partition coefficient (Wildman–Crippen LogP) is 3.21. The second kappa shape index (κ2) is 8.31. The molecule has 0 aliphatic heterocycles. The normalized spacial score (nSPS) is 12.4. The van der Waals surface area contributed by atoms with Gasteiger partial charge in [-0.05, 0) is 35.9 Å². The van der Waals surface area contributed by atoms with Crippen LogP contribution in [0.2, 0.25) is 0 Å². The van der Waals surface area contributed by atoms with E-state index in [2.05, 4.69) is 37.5 Å². The third kappa shape index (κ3) is 4.68. The van der Waals surface area contributed by atoms with Crippen molar-refractivity contribution in [3.63, 3.8) is 0 Å². The number of nitrogens with zero attached hydrogens (tertiary/aromatic N) is 2. The molecule has 0 radical (unpaired) electrons. The Morgan fingerprint density at radius 3 is 2.87 bits per heavy atom. The van der Waals surface area contributed by atoms with Gasteiger partial charge in [0.2, 0.25) is 0 Å². The molecular weight excluding hydrogens is 326 g/mol. The minimum atomic E-state index is 0.154. The SMILES string of the molecule is OCC(CNCc1csc(-c2ccsc2)n1)Cc1ccccn1. The number of hydrogen-bond acceptors (Lipinski definition) is 6. The van der Waals surface area contributed by atoms with Crippen LogP contribution >= 0.6 is 22.7 Å². The van der Waals surface area contributed by atoms with Crippen LogP contribution in [0.5, 0.6) is 0 Å². The number of thiazole rings is 1. The smallest absolute Gasteiger partial charge is 0.124 e. The highest BCUT2D eigenvalue weighted by Crippen LogP contribution is 2.25. The number of hydrogen-bond donors (Lipinski definition) is 2. The van der Waals surface area contributed by atoms with Crippen molar-refractivity contribution >= 4 is 22.7 Å². The van der Waals surface area contributed by atoms with E-state index >= 15 is 0 Å². The van der Waals surface area contributed by atoms with Gasteiger partial charge in [0.05, 0.1) is 5.69 Å². The molecule has 3 aromatic rings. The van der Waals surface area contributed by atoms with Crippen molar-refractivity contribution < 1.29 is 5.11 Å². The van der Waals surface area contributed by atoms with E-state index in [1.807, 2.05) is 18.2 Å². The molecule has 0 aromatic carbocycles. The molecule has 4 nitrogen and oxygen atoms in total. The average Bonchev–Trinajstić information content (AvgIpc) is 3.26. The van der Waals surface area contributed by atoms with Gasteiger partial charge in [0, 0.05) is 47.9 Å². The van der Waals surface area contributed by atoms with Gasteiger partial charge in [-0.15, -0.1) is 11.3 Å². The van der Waals surface area contributed by atoms with Crippen molar-refractivity contribution in [3.8, 4) is 10.6 Å². The Hall–Kier alpha value is -1.60. The molecule has 0 spiro atoms. The molecule has 6 heteroatoms. The van der Waals surface area contributed by atoms with Crippen LogP contribution in [0.3, 0.4) is 0 Å². The number of nitrogens with one attached hydrogen (secondary N) is 1. The summed E-state index contributed by atoms with van der Waals surface area (Å²) in [5.41, 5.74) is 3.25. The summed E-state index contributed by atoms with van der Waals surface area (Å²) in [6.45, 7) is 1.62. The van der Waals surface area contributed by atoms with E-state index in [1.165, 1.54) is 5.56 Å². The van der Waals surface area contributed by atoms with Crippen LogP contribution in [0.25, 0.3) is 10.6 Å². The second-order valence-electron chi connectivity index (χ2n) is 5.36. The number of thiophene rings is 1. The Bertz CT molecular complexity index is 698. The van der Waals surface area contributed by atoms with Gasteiger partial charge in [-0.25, -0.2) is 4.98 Å². The lowest BCUT2D eigenvalue weighted by molar-refractivity contribution is 0.220. The van der Waals surface area contributed by atoms with Crippen molar-refractivity contribution in [2.75, 3.05) is 13.2 Å². The lowest BCUT2D eigenvalue weighted by Gasteiger charge is -2.14. The number of aliphatic hydroxyl groups excluding tert-OH is 1. The van der Waals surface area contributed by atoms with E-state index in [0.717, 1.165) is 35.9 Å². The van der Waals surface area contributed by atoms with Crippen molar-refractivity contribution in [1.29, 1.82) is 0 Å². The minimum absolute atomic E-state index is 0.154. The molecule has 1 atom stereocenters. The molecule has 3 aromatic heterocycles. The lowest BCUT2D eigenvalue weighted by atomic mass is 10.0. The topological polar surface area (TPSA) is 58.0 Å². The minimum Gasteiger partial charge on any atom is -0.396 e. The van der Waals surface area contributed by atoms with Crippen LogP contribution < -0.4 is 5.32 Å². The van der Waals surface area contributed by atoms with Crippen LogP contribution in [0.15, 0.2) is 46.6 Å². The molecule has 0 aliphatic rings. The van der Waals surface area contributed by atoms with Gasteiger partial charge in [0.15, 0.2) is 0 Å². The third-order valence-corrected chi connectivity index (χ3v) is 5.16. The fraction of sp³-hybridized carbons (Fsp3) is 0.294. The molecule has 0 saturated carbocycles. The highest BCUT2D eigenvalue weighted by molar-refractivity contribution is 7.14. The standard InChI is InChI=1S/C17H19N3OS2/c21-10-13(7-15-3-1-2-5-19-15)8-18-9-16-12-23-17(20-16)14-4-6-22-11-14/h1-6,11-13,18,21H,7-10H2. The Morgan fingerprint density at radius 2 is 2.13 bits per heavy atom. The summed E-state index contributed by atoms with van der Waals surface area (Å²) in [7, 11) is 0. The summed E-state index contributed by atoms with van der Waals surface area (Å²) in [6, 6.07) is 7.97. The molecule has 23 heavy (non-hydrogen) atoms. The maximum Gasteiger partial charge on any atom is 0.124 e. The molecule has 3 heterocycles. The van der Waals surface area contributed by atoms with Crippen LogP contribution in [0.1, 0.15) is 11.4 Å². The Balaban J connectivity index is 1.48. The summed E-state index contributed by atoms with van der Waals surface area (Å²) >= 11 is 3.36. The molecule has 1 unspecified atom stereocenters. The number of aromatic nitrogens is 2. The van der Waals surface area contributed by atoms with E-state index in [-0.39, 0.29) is 12.5 Å². The fourth-order valence-corrected chi connectivity index (χ4v) is 3.86. The molecule has 0 fully saturated rings. The molecule has 0 bridgehead atoms. The third-order valence-electron chi connectivity index (χ3n) is 3.54. The van der Waals surface area contributed by atoms with Gasteiger partial charge >= 0.3 is 0 Å². The molecular formula is C17H19N3OS2. The van der Waals surface area contributed by atoms with Crippen molar-refractivity contribution in [1.82, 2.24) is 15.3 Å². The van der Waals surface area contributed by atoms with Crippen LogP contribution in [0, 0.1) is 5.92 Å². The van der Waals surface area contributed by atoms with Gasteiger partial charge in [-0.1, -0.05) is 6.07 Å². The first-order valence-electron chi connectivity index (χ1n) is 7.53. The molecule has 0 amide bonds. The van der Waals surface area contributed by atoms with Crippen molar-refractivity contribution in [2.45, 2.75) is 13.0 Å². The molecule has 2 N–H and O–H groups in total. The van der Waals surface area contributed by atoms with E-state index in [9.17, 15) is 5.11 Å². The lowest BCUT2D eigenvalue weighted by Crippen LogP contribution is -2.26. The zero-order valence-corrected chi connectivity index (χ0v) is 14.3.